The van der Waals surface area contributed by atoms with Crippen LogP contribution in [0.25, 0.3) is 0 Å². The van der Waals surface area contributed by atoms with Crippen molar-refractivity contribution in [2.45, 2.75) is 89.8 Å². The SMILES string of the molecule is CCC1CCCN(C(C)(C)CNC(=O)CC2CC3CCC(C2)N3)C1. The van der Waals surface area contributed by atoms with E-state index in [1.165, 1.54) is 58.0 Å². The van der Waals surface area contributed by atoms with Crippen LogP contribution in [0.4, 0.5) is 0 Å². The third-order valence-electron chi connectivity index (χ3n) is 6.72. The number of carbonyl (C=O) groups is 1. The molecule has 2 bridgehead atoms. The predicted octanol–water partition coefficient (Wildman–Crippen LogP) is 2.92. The monoisotopic (exact) mass is 335 g/mol. The van der Waals surface area contributed by atoms with Crippen molar-refractivity contribution < 1.29 is 4.79 Å². The quantitative estimate of drug-likeness (QED) is 0.784. The van der Waals surface area contributed by atoms with Crippen LogP contribution in [0.15, 0.2) is 0 Å². The Labute approximate surface area is 148 Å². The molecule has 3 fully saturated rings. The van der Waals surface area contributed by atoms with Gasteiger partial charge in [0, 0.05) is 37.1 Å². The molecule has 0 aromatic rings. The number of likely N-dealkylation sites (tertiary alicyclic amines) is 1. The molecule has 3 unspecified atom stereocenters. The zero-order chi connectivity index (χ0) is 17.2. The molecule has 3 aliphatic heterocycles. The molecule has 3 aliphatic rings. The summed E-state index contributed by atoms with van der Waals surface area (Å²) in [7, 11) is 0. The molecule has 4 nitrogen and oxygen atoms in total. The molecule has 3 rings (SSSR count). The van der Waals surface area contributed by atoms with Crippen LogP contribution in [0.1, 0.15) is 72.1 Å². The lowest BCUT2D eigenvalue weighted by Gasteiger charge is -2.43. The summed E-state index contributed by atoms with van der Waals surface area (Å²) >= 11 is 0. The van der Waals surface area contributed by atoms with Gasteiger partial charge in [0.1, 0.15) is 0 Å². The fraction of sp³-hybridized carbons (Fsp3) is 0.950. The number of piperidine rings is 2. The van der Waals surface area contributed by atoms with Crippen LogP contribution >= 0.6 is 0 Å². The van der Waals surface area contributed by atoms with E-state index in [-0.39, 0.29) is 11.4 Å². The van der Waals surface area contributed by atoms with Crippen molar-refractivity contribution in [3.8, 4) is 0 Å². The lowest BCUT2D eigenvalue weighted by atomic mass is 9.89. The second kappa shape index (κ2) is 7.74. The zero-order valence-corrected chi connectivity index (χ0v) is 15.9. The maximum atomic E-state index is 12.4. The topological polar surface area (TPSA) is 44.4 Å². The van der Waals surface area contributed by atoms with Crippen molar-refractivity contribution in [2.75, 3.05) is 19.6 Å². The number of amides is 1. The summed E-state index contributed by atoms with van der Waals surface area (Å²) in [5, 5.41) is 6.91. The van der Waals surface area contributed by atoms with Crippen LogP contribution in [-0.4, -0.2) is 48.1 Å². The molecule has 0 aliphatic carbocycles. The highest BCUT2D eigenvalue weighted by Crippen LogP contribution is 2.32. The molecule has 24 heavy (non-hydrogen) atoms. The fourth-order valence-electron chi connectivity index (χ4n) is 5.05. The Morgan fingerprint density at radius 2 is 1.88 bits per heavy atom. The highest BCUT2D eigenvalue weighted by molar-refractivity contribution is 5.76. The summed E-state index contributed by atoms with van der Waals surface area (Å²) < 4.78 is 0. The van der Waals surface area contributed by atoms with Gasteiger partial charge in [-0.2, -0.15) is 0 Å². The van der Waals surface area contributed by atoms with E-state index >= 15 is 0 Å². The minimum Gasteiger partial charge on any atom is -0.354 e. The molecule has 1 amide bonds. The molecule has 138 valence electrons. The standard InChI is InChI=1S/C20H37N3O/c1-4-15-6-5-9-23(13-15)20(2,3)14-21-19(24)12-16-10-17-7-8-18(11-16)22-17/h15-18,22H,4-14H2,1-3H3,(H,21,24). The average Bonchev–Trinajstić information content (AvgIpc) is 2.92. The van der Waals surface area contributed by atoms with E-state index in [2.05, 4.69) is 36.3 Å². The summed E-state index contributed by atoms with van der Waals surface area (Å²) in [5.74, 6) is 1.68. The second-order valence-electron chi connectivity index (χ2n) is 9.13. The number of fused-ring (bicyclic) bond motifs is 2. The van der Waals surface area contributed by atoms with Gasteiger partial charge in [-0.25, -0.2) is 0 Å². The van der Waals surface area contributed by atoms with Crippen LogP contribution < -0.4 is 10.6 Å². The third-order valence-corrected chi connectivity index (χ3v) is 6.72. The summed E-state index contributed by atoms with van der Waals surface area (Å²) in [4.78, 5) is 15.0. The minimum atomic E-state index is 0.0661. The van der Waals surface area contributed by atoms with Gasteiger partial charge in [0.15, 0.2) is 0 Å². The van der Waals surface area contributed by atoms with E-state index in [0.717, 1.165) is 18.9 Å². The number of carbonyl (C=O) groups excluding carboxylic acids is 1. The first-order chi connectivity index (χ1) is 11.5. The summed E-state index contributed by atoms with van der Waals surface area (Å²) in [6.45, 7) is 10.0. The molecule has 0 radical (unpaired) electrons. The molecule has 3 heterocycles. The first-order valence-electron chi connectivity index (χ1n) is 10.2. The molecular weight excluding hydrogens is 298 g/mol. The number of hydrogen-bond acceptors (Lipinski definition) is 3. The van der Waals surface area contributed by atoms with Crippen molar-refractivity contribution in [1.82, 2.24) is 15.5 Å². The van der Waals surface area contributed by atoms with Crippen molar-refractivity contribution in [3.05, 3.63) is 0 Å². The van der Waals surface area contributed by atoms with Gasteiger partial charge in [0.25, 0.3) is 0 Å². The molecule has 0 saturated carbocycles. The fourth-order valence-corrected chi connectivity index (χ4v) is 5.05. The van der Waals surface area contributed by atoms with Gasteiger partial charge in [-0.15, -0.1) is 0 Å². The van der Waals surface area contributed by atoms with Crippen LogP contribution in [0.2, 0.25) is 0 Å². The minimum absolute atomic E-state index is 0.0661. The second-order valence-corrected chi connectivity index (χ2v) is 9.13. The van der Waals surface area contributed by atoms with Gasteiger partial charge in [0.2, 0.25) is 5.91 Å². The van der Waals surface area contributed by atoms with E-state index < -0.39 is 0 Å². The van der Waals surface area contributed by atoms with Gasteiger partial charge in [0.05, 0.1) is 0 Å². The van der Waals surface area contributed by atoms with Gasteiger partial charge in [-0.1, -0.05) is 13.3 Å². The van der Waals surface area contributed by atoms with Gasteiger partial charge < -0.3 is 10.6 Å². The zero-order valence-electron chi connectivity index (χ0n) is 15.9. The van der Waals surface area contributed by atoms with Gasteiger partial charge >= 0.3 is 0 Å². The number of nitrogens with one attached hydrogen (secondary N) is 2. The van der Waals surface area contributed by atoms with E-state index in [4.69, 9.17) is 0 Å². The molecule has 0 aromatic carbocycles. The normalized spacial score (nSPS) is 34.3. The summed E-state index contributed by atoms with van der Waals surface area (Å²) in [6.07, 6.45) is 9.67. The van der Waals surface area contributed by atoms with Crippen molar-refractivity contribution in [3.63, 3.8) is 0 Å². The van der Waals surface area contributed by atoms with Crippen LogP contribution in [0.3, 0.4) is 0 Å². The molecule has 4 heteroatoms. The molecule has 0 spiro atoms. The molecule has 3 atom stereocenters. The van der Waals surface area contributed by atoms with Crippen LogP contribution in [0.5, 0.6) is 0 Å². The third kappa shape index (κ3) is 4.51. The number of nitrogens with zero attached hydrogens (tertiary/aromatic N) is 1. The number of rotatable bonds is 6. The van der Waals surface area contributed by atoms with Crippen LogP contribution in [0, 0.1) is 11.8 Å². The Kier molecular flexibility index (Phi) is 5.86. The Hall–Kier alpha value is -0.610. The molecule has 0 aromatic heterocycles. The van der Waals surface area contributed by atoms with Crippen molar-refractivity contribution in [2.24, 2.45) is 11.8 Å². The van der Waals surface area contributed by atoms with E-state index in [1.807, 2.05) is 0 Å². The van der Waals surface area contributed by atoms with Crippen molar-refractivity contribution in [1.29, 1.82) is 0 Å². The van der Waals surface area contributed by atoms with Crippen LogP contribution in [-0.2, 0) is 4.79 Å². The summed E-state index contributed by atoms with van der Waals surface area (Å²) in [5.41, 5.74) is 0.0661. The first-order valence-corrected chi connectivity index (χ1v) is 10.2. The maximum Gasteiger partial charge on any atom is 0.220 e. The summed E-state index contributed by atoms with van der Waals surface area (Å²) in [6, 6.07) is 1.36. The van der Waals surface area contributed by atoms with E-state index in [1.54, 1.807) is 0 Å². The van der Waals surface area contributed by atoms with E-state index in [9.17, 15) is 4.79 Å². The van der Waals surface area contributed by atoms with Gasteiger partial charge in [-0.05, 0) is 70.8 Å². The number of hydrogen-bond donors (Lipinski definition) is 2. The Balaban J connectivity index is 1.43. The maximum absolute atomic E-state index is 12.4. The smallest absolute Gasteiger partial charge is 0.220 e. The first kappa shape index (κ1) is 18.2. The lowest BCUT2D eigenvalue weighted by molar-refractivity contribution is -0.123. The van der Waals surface area contributed by atoms with Crippen molar-refractivity contribution >= 4 is 5.91 Å². The Morgan fingerprint density at radius 1 is 1.17 bits per heavy atom. The lowest BCUT2D eigenvalue weighted by Crippen LogP contribution is -2.55. The molecular formula is C20H37N3O. The Morgan fingerprint density at radius 3 is 2.54 bits per heavy atom. The van der Waals surface area contributed by atoms with E-state index in [0.29, 0.717) is 18.0 Å². The van der Waals surface area contributed by atoms with Gasteiger partial charge in [-0.3, -0.25) is 9.69 Å². The largest absolute Gasteiger partial charge is 0.354 e. The highest BCUT2D eigenvalue weighted by Gasteiger charge is 2.35. The molecule has 3 saturated heterocycles. The molecule has 2 N–H and O–H groups in total. The highest BCUT2D eigenvalue weighted by atomic mass is 16.1. The average molecular weight is 336 g/mol. The predicted molar refractivity (Wildman–Crippen MR) is 99.0 cm³/mol. The Bertz CT molecular complexity index is 425.